The van der Waals surface area contributed by atoms with E-state index in [0.29, 0.717) is 29.6 Å². The molecule has 3 heterocycles. The molecule has 2 N–H and O–H groups in total. The number of anilines is 1. The van der Waals surface area contributed by atoms with Gasteiger partial charge in [0.1, 0.15) is 5.82 Å². The summed E-state index contributed by atoms with van der Waals surface area (Å²) >= 11 is 0. The molecule has 2 aromatic heterocycles. The second kappa shape index (κ2) is 8.00. The molecule has 1 saturated heterocycles. The second-order valence-corrected chi connectivity index (χ2v) is 9.40. The van der Waals surface area contributed by atoms with E-state index in [-0.39, 0.29) is 35.4 Å². The highest BCUT2D eigenvalue weighted by atomic mass is 32.2. The quantitative estimate of drug-likeness (QED) is 0.665. The fourth-order valence-electron chi connectivity index (χ4n) is 3.57. The number of hydrogen-bond acceptors (Lipinski definition) is 5. The normalized spacial score (nSPS) is 15.9. The Labute approximate surface area is 174 Å². The van der Waals surface area contributed by atoms with Crippen molar-refractivity contribution in [3.63, 3.8) is 0 Å². The van der Waals surface area contributed by atoms with E-state index in [1.54, 1.807) is 30.5 Å². The van der Waals surface area contributed by atoms with Crippen LogP contribution in [-0.2, 0) is 14.8 Å². The number of aryl methyl sites for hydroxylation is 1. The summed E-state index contributed by atoms with van der Waals surface area (Å²) in [4.78, 5) is 30.9. The second-order valence-electron chi connectivity index (χ2n) is 7.46. The summed E-state index contributed by atoms with van der Waals surface area (Å²) in [7, 11) is -3.68. The molecule has 0 radical (unpaired) electrons. The molecule has 8 nitrogen and oxygen atoms in total. The van der Waals surface area contributed by atoms with Crippen LogP contribution < -0.4 is 10.9 Å². The zero-order valence-electron chi connectivity index (χ0n) is 16.5. The summed E-state index contributed by atoms with van der Waals surface area (Å²) < 4.78 is 27.5. The molecule has 0 saturated carbocycles. The molecular weight excluding hydrogens is 404 g/mol. The van der Waals surface area contributed by atoms with E-state index in [9.17, 15) is 18.0 Å². The highest BCUT2D eigenvalue weighted by Gasteiger charge is 2.32. The molecule has 9 heteroatoms. The zero-order chi connectivity index (χ0) is 21.3. The number of aromatic nitrogens is 2. The van der Waals surface area contributed by atoms with Gasteiger partial charge in [0.2, 0.25) is 21.5 Å². The predicted octanol–water partition coefficient (Wildman–Crippen LogP) is 2.27. The number of nitrogens with one attached hydrogen (secondary N) is 2. The minimum atomic E-state index is -3.68. The van der Waals surface area contributed by atoms with Crippen LogP contribution >= 0.6 is 0 Å². The maximum absolute atomic E-state index is 13.0. The number of carbonyl (C=O) groups is 1. The van der Waals surface area contributed by atoms with E-state index in [4.69, 9.17) is 0 Å². The molecule has 1 amide bonds. The summed E-state index contributed by atoms with van der Waals surface area (Å²) in [5.41, 5.74) is 1.35. The van der Waals surface area contributed by atoms with Crippen LogP contribution in [0.2, 0.25) is 0 Å². The van der Waals surface area contributed by atoms with E-state index >= 15 is 0 Å². The summed E-state index contributed by atoms with van der Waals surface area (Å²) in [5.74, 6) is 0.0918. The summed E-state index contributed by atoms with van der Waals surface area (Å²) in [6.07, 6.45) is 2.57. The van der Waals surface area contributed by atoms with Gasteiger partial charge in [0.05, 0.1) is 4.90 Å². The van der Waals surface area contributed by atoms with Crippen molar-refractivity contribution in [1.82, 2.24) is 14.3 Å². The van der Waals surface area contributed by atoms with Gasteiger partial charge >= 0.3 is 0 Å². The summed E-state index contributed by atoms with van der Waals surface area (Å²) in [6, 6.07) is 11.2. The lowest BCUT2D eigenvalue weighted by Crippen LogP contribution is -2.41. The molecule has 30 heavy (non-hydrogen) atoms. The van der Waals surface area contributed by atoms with Gasteiger partial charge in [-0.2, -0.15) is 4.31 Å². The number of benzene rings is 1. The maximum Gasteiger partial charge on any atom is 0.248 e. The first-order valence-corrected chi connectivity index (χ1v) is 11.1. The number of carbonyl (C=O) groups excluding carboxylic acids is 1. The summed E-state index contributed by atoms with van der Waals surface area (Å²) in [6.45, 7) is 2.46. The molecule has 1 aliphatic rings. The van der Waals surface area contributed by atoms with Crippen LogP contribution in [0.25, 0.3) is 10.9 Å². The van der Waals surface area contributed by atoms with Gasteiger partial charge in [-0.1, -0.05) is 6.07 Å². The van der Waals surface area contributed by atoms with Crippen LogP contribution in [-0.4, -0.2) is 41.7 Å². The molecule has 1 fully saturated rings. The van der Waals surface area contributed by atoms with Crippen LogP contribution in [0.4, 0.5) is 5.82 Å². The van der Waals surface area contributed by atoms with Gasteiger partial charge in [0, 0.05) is 36.8 Å². The van der Waals surface area contributed by atoms with Crippen molar-refractivity contribution < 1.29 is 13.2 Å². The van der Waals surface area contributed by atoms with E-state index in [0.717, 1.165) is 5.56 Å². The Kier molecular flexibility index (Phi) is 5.40. The van der Waals surface area contributed by atoms with Crippen LogP contribution in [0, 0.1) is 12.8 Å². The summed E-state index contributed by atoms with van der Waals surface area (Å²) in [5, 5.41) is 3.45. The highest BCUT2D eigenvalue weighted by Crippen LogP contribution is 2.26. The van der Waals surface area contributed by atoms with Gasteiger partial charge in [-0.15, -0.1) is 0 Å². The van der Waals surface area contributed by atoms with Crippen molar-refractivity contribution >= 4 is 32.7 Å². The van der Waals surface area contributed by atoms with Gasteiger partial charge in [-0.3, -0.25) is 9.59 Å². The van der Waals surface area contributed by atoms with Gasteiger partial charge < -0.3 is 10.3 Å². The van der Waals surface area contributed by atoms with Crippen molar-refractivity contribution in [2.75, 3.05) is 18.4 Å². The number of aromatic amines is 1. The fraction of sp³-hybridized carbons (Fsp3) is 0.286. The molecule has 0 aliphatic carbocycles. The first kappa shape index (κ1) is 20.2. The third-order valence-corrected chi connectivity index (χ3v) is 7.21. The van der Waals surface area contributed by atoms with Crippen molar-refractivity contribution in [3.05, 3.63) is 64.6 Å². The molecule has 156 valence electrons. The monoisotopic (exact) mass is 426 g/mol. The topological polar surface area (TPSA) is 112 Å². The van der Waals surface area contributed by atoms with E-state index in [2.05, 4.69) is 15.3 Å². The van der Waals surface area contributed by atoms with Crippen molar-refractivity contribution in [3.8, 4) is 0 Å². The number of hydrogen-bond donors (Lipinski definition) is 2. The van der Waals surface area contributed by atoms with Crippen LogP contribution in [0.5, 0.6) is 0 Å². The fourth-order valence-corrected chi connectivity index (χ4v) is 5.08. The first-order chi connectivity index (χ1) is 14.3. The third-order valence-electron chi connectivity index (χ3n) is 5.32. The Balaban J connectivity index is 1.43. The van der Waals surface area contributed by atoms with Gasteiger partial charge in [-0.25, -0.2) is 13.4 Å². The molecule has 4 rings (SSSR count). The number of amides is 1. The van der Waals surface area contributed by atoms with Crippen LogP contribution in [0.3, 0.4) is 0 Å². The minimum Gasteiger partial charge on any atom is -0.322 e. The van der Waals surface area contributed by atoms with Crippen LogP contribution in [0.15, 0.2) is 58.4 Å². The van der Waals surface area contributed by atoms with Gasteiger partial charge in [0.15, 0.2) is 0 Å². The molecule has 1 aliphatic heterocycles. The number of piperidine rings is 1. The predicted molar refractivity (Wildman–Crippen MR) is 114 cm³/mol. The zero-order valence-corrected chi connectivity index (χ0v) is 17.3. The lowest BCUT2D eigenvalue weighted by atomic mass is 9.97. The molecule has 0 unspecified atom stereocenters. The lowest BCUT2D eigenvalue weighted by molar-refractivity contribution is -0.120. The molecule has 0 bridgehead atoms. The molecule has 1 aromatic carbocycles. The van der Waals surface area contributed by atoms with E-state index < -0.39 is 10.0 Å². The van der Waals surface area contributed by atoms with E-state index in [1.165, 1.54) is 16.4 Å². The largest absolute Gasteiger partial charge is 0.322 e. The average molecular weight is 426 g/mol. The first-order valence-electron chi connectivity index (χ1n) is 9.70. The number of H-pyrrole nitrogens is 1. The van der Waals surface area contributed by atoms with Crippen molar-refractivity contribution in [2.45, 2.75) is 24.7 Å². The number of pyridine rings is 2. The molecule has 3 aromatic rings. The Morgan fingerprint density at radius 1 is 1.13 bits per heavy atom. The van der Waals surface area contributed by atoms with E-state index in [1.807, 2.05) is 13.0 Å². The van der Waals surface area contributed by atoms with Gasteiger partial charge in [0.25, 0.3) is 0 Å². The third kappa shape index (κ3) is 4.12. The van der Waals surface area contributed by atoms with Crippen LogP contribution in [0.1, 0.15) is 18.4 Å². The maximum atomic E-state index is 13.0. The minimum absolute atomic E-state index is 0.141. The Hall–Kier alpha value is -3.04. The Morgan fingerprint density at radius 2 is 1.90 bits per heavy atom. The standard InChI is InChI=1S/C21H22N4O4S/c1-14-2-6-19(22-13-14)24-21(27)15-8-10-25(11-9-15)30(28,29)17-4-5-18-16(12-17)3-7-20(26)23-18/h2-7,12-13,15H,8-11H2,1H3,(H,23,26)(H,22,24,27). The SMILES string of the molecule is Cc1ccc(NC(=O)C2CCN(S(=O)(=O)c3ccc4[nH]c(=O)ccc4c3)CC2)nc1. The average Bonchev–Trinajstić information content (AvgIpc) is 2.75. The molecule has 0 atom stereocenters. The number of sulfonamides is 1. The molecule has 0 spiro atoms. The van der Waals surface area contributed by atoms with Crippen molar-refractivity contribution in [2.24, 2.45) is 5.92 Å². The van der Waals surface area contributed by atoms with Gasteiger partial charge in [-0.05, 0) is 61.0 Å². The lowest BCUT2D eigenvalue weighted by Gasteiger charge is -2.30. The highest BCUT2D eigenvalue weighted by molar-refractivity contribution is 7.89. The smallest absolute Gasteiger partial charge is 0.248 e. The molecular formula is C21H22N4O4S. The Morgan fingerprint density at radius 3 is 2.60 bits per heavy atom. The number of rotatable bonds is 4. The number of nitrogens with zero attached hydrogens (tertiary/aromatic N) is 2. The van der Waals surface area contributed by atoms with Crippen molar-refractivity contribution in [1.29, 1.82) is 0 Å². The number of fused-ring (bicyclic) bond motifs is 1. The Bertz CT molecular complexity index is 1240.